The van der Waals surface area contributed by atoms with Crippen molar-refractivity contribution in [2.75, 3.05) is 13.7 Å². The van der Waals surface area contributed by atoms with Gasteiger partial charge in [-0.1, -0.05) is 35.0 Å². The lowest BCUT2D eigenvalue weighted by molar-refractivity contribution is -0.150. The normalized spacial score (nSPS) is 15.6. The molecule has 1 aliphatic rings. The smallest absolute Gasteiger partial charge is 0.326 e. The average molecular weight is 613 g/mol. The molecule has 0 N–H and O–H groups in total. The maximum Gasteiger partial charge on any atom is 0.326 e. The number of carbonyl (C=O) groups is 3. The lowest BCUT2D eigenvalue weighted by atomic mass is 10.1. The molecule has 0 aliphatic carbocycles. The fraction of sp³-hybridized carbons (Fsp3) is 0.292. The number of methoxy groups -OCH3 is 1. The minimum absolute atomic E-state index is 0.207. The summed E-state index contributed by atoms with van der Waals surface area (Å²) in [7, 11) is 1.52. The van der Waals surface area contributed by atoms with E-state index in [1.807, 2.05) is 31.2 Å². The zero-order chi connectivity index (χ0) is 24.8. The summed E-state index contributed by atoms with van der Waals surface area (Å²) in [5.74, 6) is -0.172. The highest BCUT2D eigenvalue weighted by atomic mass is 79.9. The van der Waals surface area contributed by atoms with E-state index in [1.54, 1.807) is 25.1 Å². The summed E-state index contributed by atoms with van der Waals surface area (Å²) in [6.45, 7) is 3.56. The number of amides is 2. The summed E-state index contributed by atoms with van der Waals surface area (Å²) < 4.78 is 18.2. The van der Waals surface area contributed by atoms with Gasteiger partial charge in [-0.15, -0.1) is 0 Å². The van der Waals surface area contributed by atoms with Crippen LogP contribution in [0.1, 0.15) is 31.4 Å². The van der Waals surface area contributed by atoms with E-state index in [0.717, 1.165) is 26.7 Å². The highest BCUT2D eigenvalue weighted by Gasteiger charge is 2.37. The lowest BCUT2D eigenvalue weighted by Crippen LogP contribution is -2.35. The molecule has 10 heteroatoms. The van der Waals surface area contributed by atoms with E-state index in [4.69, 9.17) is 14.2 Å². The van der Waals surface area contributed by atoms with Gasteiger partial charge < -0.3 is 14.2 Å². The Balaban J connectivity index is 1.75. The van der Waals surface area contributed by atoms with Gasteiger partial charge in [0.15, 0.2) is 11.5 Å². The average Bonchev–Trinajstić information content (AvgIpc) is 3.06. The molecular weight excluding hydrogens is 590 g/mol. The van der Waals surface area contributed by atoms with Gasteiger partial charge in [-0.2, -0.15) is 0 Å². The van der Waals surface area contributed by atoms with Crippen molar-refractivity contribution in [2.24, 2.45) is 0 Å². The Kier molecular flexibility index (Phi) is 9.21. The summed E-state index contributed by atoms with van der Waals surface area (Å²) in [4.78, 5) is 38.2. The molecule has 180 valence electrons. The molecule has 0 saturated carbocycles. The van der Waals surface area contributed by atoms with E-state index >= 15 is 0 Å². The molecular formula is C24H23Br2NO6S. The van der Waals surface area contributed by atoms with Crippen LogP contribution in [-0.2, 0) is 20.9 Å². The minimum atomic E-state index is -0.616. The Bertz CT molecular complexity index is 1120. The predicted molar refractivity (Wildman–Crippen MR) is 138 cm³/mol. The topological polar surface area (TPSA) is 82.1 Å². The van der Waals surface area contributed by atoms with Gasteiger partial charge in [0, 0.05) is 4.47 Å². The zero-order valence-corrected chi connectivity index (χ0v) is 22.8. The van der Waals surface area contributed by atoms with Crippen molar-refractivity contribution >= 4 is 66.8 Å². The number of hydrogen-bond donors (Lipinski definition) is 0. The molecule has 0 radical (unpaired) electrons. The molecule has 1 aliphatic heterocycles. The third kappa shape index (κ3) is 6.64. The third-order valence-electron chi connectivity index (χ3n) is 4.91. The second-order valence-electron chi connectivity index (χ2n) is 7.43. The number of halogens is 2. The molecule has 0 unspecified atom stereocenters. The predicted octanol–water partition coefficient (Wildman–Crippen LogP) is 6.18. The van der Waals surface area contributed by atoms with Gasteiger partial charge in [-0.3, -0.25) is 19.3 Å². The molecule has 34 heavy (non-hydrogen) atoms. The van der Waals surface area contributed by atoms with E-state index in [1.165, 1.54) is 7.11 Å². The molecule has 7 nitrogen and oxygen atoms in total. The van der Waals surface area contributed by atoms with Crippen molar-refractivity contribution in [3.05, 3.63) is 61.4 Å². The van der Waals surface area contributed by atoms with Crippen molar-refractivity contribution in [2.45, 2.75) is 33.0 Å². The number of carbonyl (C=O) groups excluding carboxylic acids is 3. The van der Waals surface area contributed by atoms with Crippen molar-refractivity contribution in [3.63, 3.8) is 0 Å². The summed E-state index contributed by atoms with van der Waals surface area (Å²) in [6, 6.07) is 11.3. The molecule has 0 aromatic heterocycles. The molecule has 3 rings (SSSR count). The van der Waals surface area contributed by atoms with Gasteiger partial charge >= 0.3 is 5.97 Å². The number of hydrogen-bond acceptors (Lipinski definition) is 7. The van der Waals surface area contributed by atoms with Crippen LogP contribution < -0.4 is 9.47 Å². The van der Waals surface area contributed by atoms with Gasteiger partial charge in [-0.25, -0.2) is 0 Å². The molecule has 2 aromatic rings. The van der Waals surface area contributed by atoms with Gasteiger partial charge in [0.2, 0.25) is 0 Å². The first-order chi connectivity index (χ1) is 16.2. The van der Waals surface area contributed by atoms with E-state index in [-0.39, 0.29) is 11.0 Å². The van der Waals surface area contributed by atoms with Crippen LogP contribution in [0.5, 0.6) is 11.5 Å². The number of rotatable bonds is 9. The lowest BCUT2D eigenvalue weighted by Gasteiger charge is -2.15. The van der Waals surface area contributed by atoms with Crippen molar-refractivity contribution in [1.82, 2.24) is 4.90 Å². The molecule has 1 fully saturated rings. The Hall–Kier alpha value is -2.30. The van der Waals surface area contributed by atoms with Crippen LogP contribution in [0.3, 0.4) is 0 Å². The fourth-order valence-electron chi connectivity index (χ4n) is 2.96. The highest BCUT2D eigenvalue weighted by molar-refractivity contribution is 9.10. The van der Waals surface area contributed by atoms with Crippen LogP contribution >= 0.6 is 43.6 Å². The summed E-state index contributed by atoms with van der Waals surface area (Å²) in [5, 5.41) is -0.516. The van der Waals surface area contributed by atoms with E-state index < -0.39 is 23.7 Å². The molecule has 0 spiro atoms. The maximum atomic E-state index is 12.7. The van der Waals surface area contributed by atoms with Gasteiger partial charge in [-0.05, 0) is 82.5 Å². The van der Waals surface area contributed by atoms with Gasteiger partial charge in [0.05, 0.1) is 22.6 Å². The molecule has 1 heterocycles. The Morgan fingerprint density at radius 3 is 2.53 bits per heavy atom. The first-order valence-corrected chi connectivity index (χ1v) is 12.8. The second kappa shape index (κ2) is 11.9. The second-order valence-corrected chi connectivity index (χ2v) is 10.2. The van der Waals surface area contributed by atoms with E-state index in [9.17, 15) is 14.4 Å². The minimum Gasteiger partial charge on any atom is -0.493 e. The van der Waals surface area contributed by atoms with Gasteiger partial charge in [0.1, 0.15) is 13.2 Å². The molecule has 2 aromatic carbocycles. The third-order valence-corrected chi connectivity index (χ3v) is 6.94. The number of nitrogens with zero attached hydrogens (tertiary/aromatic N) is 1. The van der Waals surface area contributed by atoms with Crippen LogP contribution in [-0.4, -0.2) is 41.8 Å². The van der Waals surface area contributed by atoms with Crippen molar-refractivity contribution < 1.29 is 28.6 Å². The Labute approximate surface area is 219 Å². The monoisotopic (exact) mass is 611 g/mol. The molecule has 2 amide bonds. The zero-order valence-electron chi connectivity index (χ0n) is 18.8. The van der Waals surface area contributed by atoms with Crippen molar-refractivity contribution in [3.8, 4) is 11.5 Å². The standard InChI is InChI=1S/C24H23Br2NO6S/c1-4-14(2)33-21(28)12-27-23(29)20(34-24(27)30)11-16-9-18(26)22(19(10-16)31-3)32-13-15-5-7-17(25)8-6-15/h5-11,14H,4,12-13H2,1-3H3/b20-11+/t14-/m0/s1. The Morgan fingerprint density at radius 2 is 1.88 bits per heavy atom. The fourth-order valence-corrected chi connectivity index (χ4v) is 4.64. The first-order valence-electron chi connectivity index (χ1n) is 10.4. The molecule has 1 saturated heterocycles. The van der Waals surface area contributed by atoms with Crippen LogP contribution in [0.15, 0.2) is 50.2 Å². The van der Waals surface area contributed by atoms with Crippen LogP contribution in [0.2, 0.25) is 0 Å². The van der Waals surface area contributed by atoms with E-state index in [2.05, 4.69) is 31.9 Å². The number of imide groups is 1. The van der Waals surface area contributed by atoms with Gasteiger partial charge in [0.25, 0.3) is 11.1 Å². The first kappa shape index (κ1) is 26.3. The van der Waals surface area contributed by atoms with E-state index in [0.29, 0.717) is 34.6 Å². The quantitative estimate of drug-likeness (QED) is 0.247. The number of thioether (sulfide) groups is 1. The number of ether oxygens (including phenoxy) is 3. The molecule has 1 atom stereocenters. The summed E-state index contributed by atoms with van der Waals surface area (Å²) >= 11 is 7.69. The van der Waals surface area contributed by atoms with Crippen LogP contribution in [0, 0.1) is 0 Å². The number of benzene rings is 2. The summed E-state index contributed by atoms with van der Waals surface area (Å²) in [5.41, 5.74) is 1.62. The van der Waals surface area contributed by atoms with Crippen LogP contribution in [0.25, 0.3) is 6.08 Å². The highest BCUT2D eigenvalue weighted by Crippen LogP contribution is 2.39. The summed E-state index contributed by atoms with van der Waals surface area (Å²) in [6.07, 6.45) is 1.95. The maximum absolute atomic E-state index is 12.7. The SMILES string of the molecule is CC[C@H](C)OC(=O)CN1C(=O)S/C(=C/c2cc(Br)c(OCc3ccc(Br)cc3)c(OC)c2)C1=O. The Morgan fingerprint density at radius 1 is 1.18 bits per heavy atom. The van der Waals surface area contributed by atoms with Crippen molar-refractivity contribution in [1.29, 1.82) is 0 Å². The molecule has 0 bridgehead atoms. The van der Waals surface area contributed by atoms with Crippen LogP contribution in [0.4, 0.5) is 4.79 Å². The number of esters is 1. The largest absolute Gasteiger partial charge is 0.493 e.